The lowest BCUT2D eigenvalue weighted by atomic mass is 10.1. The molecule has 0 unspecified atom stereocenters. The molecule has 0 N–H and O–H groups in total. The second-order valence-electron chi connectivity index (χ2n) is 5.22. The van der Waals surface area contributed by atoms with Gasteiger partial charge >= 0.3 is 6.18 Å². The monoisotopic (exact) mass is 341 g/mol. The van der Waals surface area contributed by atoms with E-state index < -0.39 is 11.7 Å². The molecule has 2 rings (SSSR count). The Labute approximate surface area is 137 Å². The summed E-state index contributed by atoms with van der Waals surface area (Å²) in [5, 5.41) is 0.547. The average molecular weight is 342 g/mol. The highest BCUT2D eigenvalue weighted by atomic mass is 35.5. The van der Waals surface area contributed by atoms with Crippen molar-refractivity contribution in [3.05, 3.63) is 70.2 Å². The van der Waals surface area contributed by atoms with E-state index in [4.69, 9.17) is 11.6 Å². The summed E-state index contributed by atoms with van der Waals surface area (Å²) in [5.74, 6) is -0.274. The van der Waals surface area contributed by atoms with Gasteiger partial charge in [0, 0.05) is 18.6 Å². The van der Waals surface area contributed by atoms with E-state index in [2.05, 4.69) is 0 Å². The van der Waals surface area contributed by atoms with Gasteiger partial charge in [0.25, 0.3) is 0 Å². The van der Waals surface area contributed by atoms with Gasteiger partial charge in [0.15, 0.2) is 0 Å². The predicted octanol–water partition coefficient (Wildman–Crippen LogP) is 4.56. The van der Waals surface area contributed by atoms with Crippen LogP contribution in [0.4, 0.5) is 13.2 Å². The smallest absolute Gasteiger partial charge is 0.341 e. The second kappa shape index (κ2) is 7.04. The van der Waals surface area contributed by atoms with Crippen LogP contribution in [-0.4, -0.2) is 17.9 Å². The fourth-order valence-electron chi connectivity index (χ4n) is 2.14. The molecule has 0 saturated heterocycles. The number of benzene rings is 2. The number of nitrogens with zero attached hydrogens (tertiary/aromatic N) is 1. The minimum Gasteiger partial charge on any atom is -0.341 e. The number of likely N-dealkylation sites (N-methyl/N-ethyl adjacent to an activating group) is 1. The largest absolute Gasteiger partial charge is 0.416 e. The molecule has 23 heavy (non-hydrogen) atoms. The van der Waals surface area contributed by atoms with Gasteiger partial charge in [-0.3, -0.25) is 4.79 Å². The molecule has 0 fully saturated rings. The first-order chi connectivity index (χ1) is 10.8. The highest BCUT2D eigenvalue weighted by molar-refractivity contribution is 6.31. The van der Waals surface area contributed by atoms with Crippen molar-refractivity contribution in [2.75, 3.05) is 7.05 Å². The summed E-state index contributed by atoms with van der Waals surface area (Å²) < 4.78 is 38.1. The number of halogens is 4. The number of hydrogen-bond donors (Lipinski definition) is 0. The fourth-order valence-corrected chi connectivity index (χ4v) is 2.33. The molecular formula is C17H15ClF3NO. The van der Waals surface area contributed by atoms with Gasteiger partial charge in [-0.2, -0.15) is 13.2 Å². The van der Waals surface area contributed by atoms with Gasteiger partial charge in [0.05, 0.1) is 12.0 Å². The van der Waals surface area contributed by atoms with E-state index in [1.54, 1.807) is 25.2 Å². The maximum atomic E-state index is 12.7. The molecule has 1 amide bonds. The molecule has 0 saturated carbocycles. The molecule has 0 aliphatic heterocycles. The highest BCUT2D eigenvalue weighted by Gasteiger charge is 2.30. The van der Waals surface area contributed by atoms with Crippen molar-refractivity contribution >= 4 is 17.5 Å². The lowest BCUT2D eigenvalue weighted by molar-refractivity contribution is -0.138. The van der Waals surface area contributed by atoms with Crippen LogP contribution in [0, 0.1) is 0 Å². The van der Waals surface area contributed by atoms with Crippen molar-refractivity contribution < 1.29 is 18.0 Å². The predicted molar refractivity (Wildman–Crippen MR) is 83.1 cm³/mol. The van der Waals surface area contributed by atoms with Crippen molar-refractivity contribution in [1.82, 2.24) is 4.90 Å². The van der Waals surface area contributed by atoms with E-state index in [9.17, 15) is 18.0 Å². The molecule has 0 spiro atoms. The third-order valence-electron chi connectivity index (χ3n) is 3.40. The van der Waals surface area contributed by atoms with Crippen molar-refractivity contribution in [2.24, 2.45) is 0 Å². The van der Waals surface area contributed by atoms with Crippen LogP contribution in [0.3, 0.4) is 0 Å². The van der Waals surface area contributed by atoms with Gasteiger partial charge in [-0.05, 0) is 23.3 Å². The van der Waals surface area contributed by atoms with Crippen LogP contribution < -0.4 is 0 Å². The van der Waals surface area contributed by atoms with Crippen molar-refractivity contribution in [3.63, 3.8) is 0 Å². The minimum absolute atomic E-state index is 0.0924. The zero-order valence-electron chi connectivity index (χ0n) is 12.4. The van der Waals surface area contributed by atoms with Crippen LogP contribution in [-0.2, 0) is 23.9 Å². The molecule has 2 aromatic rings. The Morgan fingerprint density at radius 1 is 1.13 bits per heavy atom. The Balaban J connectivity index is 2.06. The molecule has 2 nitrogen and oxygen atoms in total. The molecule has 0 aliphatic carbocycles. The Morgan fingerprint density at radius 3 is 2.48 bits per heavy atom. The first-order valence-corrected chi connectivity index (χ1v) is 7.28. The first-order valence-electron chi connectivity index (χ1n) is 6.91. The first kappa shape index (κ1) is 17.3. The van der Waals surface area contributed by atoms with Crippen LogP contribution in [0.15, 0.2) is 48.5 Å². The summed E-state index contributed by atoms with van der Waals surface area (Å²) >= 11 is 6.04. The average Bonchev–Trinajstić information content (AvgIpc) is 2.49. The lowest BCUT2D eigenvalue weighted by Gasteiger charge is -2.18. The van der Waals surface area contributed by atoms with E-state index >= 15 is 0 Å². The van der Waals surface area contributed by atoms with Crippen LogP contribution >= 0.6 is 11.6 Å². The molecule has 0 heterocycles. The SMILES string of the molecule is CN(Cc1ccccc1Cl)C(=O)Cc1cccc(C(F)(F)F)c1. The number of hydrogen-bond acceptors (Lipinski definition) is 1. The quantitative estimate of drug-likeness (QED) is 0.798. The molecule has 0 radical (unpaired) electrons. The molecule has 122 valence electrons. The zero-order valence-corrected chi connectivity index (χ0v) is 13.2. The Hall–Kier alpha value is -2.01. The fraction of sp³-hybridized carbons (Fsp3) is 0.235. The van der Waals surface area contributed by atoms with Gasteiger partial charge in [-0.15, -0.1) is 0 Å². The standard InChI is InChI=1S/C17H15ClF3NO/c1-22(11-13-6-2-3-8-15(13)18)16(23)10-12-5-4-7-14(9-12)17(19,20)21/h2-9H,10-11H2,1H3. The van der Waals surface area contributed by atoms with Crippen LogP contribution in [0.25, 0.3) is 0 Å². The summed E-state index contributed by atoms with van der Waals surface area (Å²) in [7, 11) is 1.60. The summed E-state index contributed by atoms with van der Waals surface area (Å²) in [6.07, 6.45) is -4.51. The summed E-state index contributed by atoms with van der Waals surface area (Å²) in [6.45, 7) is 0.303. The molecule has 0 bridgehead atoms. The third kappa shape index (κ3) is 4.73. The number of amides is 1. The van der Waals surface area contributed by atoms with Crippen LogP contribution in [0.5, 0.6) is 0 Å². The minimum atomic E-state index is -4.41. The maximum absolute atomic E-state index is 12.7. The number of carbonyl (C=O) groups excluding carboxylic acids is 1. The Morgan fingerprint density at radius 2 is 1.83 bits per heavy atom. The van der Waals surface area contributed by atoms with E-state index in [-0.39, 0.29) is 12.3 Å². The summed E-state index contributed by atoms with van der Waals surface area (Å²) in [6, 6.07) is 11.9. The molecule has 6 heteroatoms. The molecule has 0 aromatic heterocycles. The number of carbonyl (C=O) groups is 1. The number of rotatable bonds is 4. The molecule has 2 aromatic carbocycles. The van der Waals surface area contributed by atoms with Gasteiger partial charge in [0.1, 0.15) is 0 Å². The van der Waals surface area contributed by atoms with Gasteiger partial charge in [0.2, 0.25) is 5.91 Å². The lowest BCUT2D eigenvalue weighted by Crippen LogP contribution is -2.27. The maximum Gasteiger partial charge on any atom is 0.416 e. The summed E-state index contributed by atoms with van der Waals surface area (Å²) in [5.41, 5.74) is 0.362. The van der Waals surface area contributed by atoms with Crippen molar-refractivity contribution in [3.8, 4) is 0 Å². The van der Waals surface area contributed by atoms with Gasteiger partial charge in [-0.25, -0.2) is 0 Å². The van der Waals surface area contributed by atoms with Gasteiger partial charge < -0.3 is 4.90 Å². The van der Waals surface area contributed by atoms with Crippen molar-refractivity contribution in [1.29, 1.82) is 0 Å². The van der Waals surface area contributed by atoms with E-state index in [1.165, 1.54) is 17.0 Å². The van der Waals surface area contributed by atoms with E-state index in [0.29, 0.717) is 17.1 Å². The normalized spacial score (nSPS) is 11.3. The van der Waals surface area contributed by atoms with E-state index in [1.807, 2.05) is 6.07 Å². The second-order valence-corrected chi connectivity index (χ2v) is 5.62. The van der Waals surface area contributed by atoms with Crippen LogP contribution in [0.2, 0.25) is 5.02 Å². The van der Waals surface area contributed by atoms with Gasteiger partial charge in [-0.1, -0.05) is 48.0 Å². The van der Waals surface area contributed by atoms with Crippen molar-refractivity contribution in [2.45, 2.75) is 19.1 Å². The third-order valence-corrected chi connectivity index (χ3v) is 3.77. The summed E-state index contributed by atoms with van der Waals surface area (Å²) in [4.78, 5) is 13.6. The van der Waals surface area contributed by atoms with Crippen LogP contribution in [0.1, 0.15) is 16.7 Å². The Bertz CT molecular complexity index is 700. The molecular weight excluding hydrogens is 327 g/mol. The zero-order chi connectivity index (χ0) is 17.0. The highest BCUT2D eigenvalue weighted by Crippen LogP contribution is 2.29. The Kier molecular flexibility index (Phi) is 5.31. The number of alkyl halides is 3. The van der Waals surface area contributed by atoms with E-state index in [0.717, 1.165) is 17.7 Å². The topological polar surface area (TPSA) is 20.3 Å². The molecule has 0 aliphatic rings. The molecule has 0 atom stereocenters.